The summed E-state index contributed by atoms with van der Waals surface area (Å²) in [5, 5.41) is 0. The van der Waals surface area contributed by atoms with Crippen molar-refractivity contribution < 1.29 is 9.59 Å². The fraction of sp³-hybridized carbons (Fsp3) is 0.833. The Hall–Kier alpha value is -0.660. The van der Waals surface area contributed by atoms with Crippen LogP contribution >= 0.6 is 0 Å². The standard InChI is InChI=1S/C12H20O2/c1-5-10(13)12-7(2)6-11(14)8(3)9(12)4/h7-9,12H,5-6H2,1-4H3. The lowest BCUT2D eigenvalue weighted by Crippen LogP contribution is -2.40. The molecule has 0 heterocycles. The third kappa shape index (κ3) is 1.89. The SMILES string of the molecule is CCC(=O)C1C(C)CC(=O)C(C)C1C. The summed E-state index contributed by atoms with van der Waals surface area (Å²) in [5.74, 6) is 1.27. The number of carbonyl (C=O) groups excluding carboxylic acids is 2. The van der Waals surface area contributed by atoms with Gasteiger partial charge >= 0.3 is 0 Å². The number of rotatable bonds is 2. The smallest absolute Gasteiger partial charge is 0.136 e. The van der Waals surface area contributed by atoms with Gasteiger partial charge in [0, 0.05) is 24.7 Å². The largest absolute Gasteiger partial charge is 0.299 e. The van der Waals surface area contributed by atoms with E-state index in [1.54, 1.807) is 0 Å². The van der Waals surface area contributed by atoms with Crippen LogP contribution in [0.15, 0.2) is 0 Å². The van der Waals surface area contributed by atoms with Crippen molar-refractivity contribution in [3.63, 3.8) is 0 Å². The van der Waals surface area contributed by atoms with E-state index in [9.17, 15) is 9.59 Å². The highest BCUT2D eigenvalue weighted by molar-refractivity contribution is 5.87. The maximum atomic E-state index is 11.7. The molecule has 4 atom stereocenters. The van der Waals surface area contributed by atoms with Gasteiger partial charge in [-0.2, -0.15) is 0 Å². The van der Waals surface area contributed by atoms with Gasteiger partial charge in [-0.3, -0.25) is 9.59 Å². The molecule has 2 nitrogen and oxygen atoms in total. The maximum Gasteiger partial charge on any atom is 0.136 e. The summed E-state index contributed by atoms with van der Waals surface area (Å²) in [7, 11) is 0. The average Bonchev–Trinajstić information content (AvgIpc) is 2.14. The molecule has 0 aromatic rings. The molecule has 1 aliphatic rings. The van der Waals surface area contributed by atoms with Crippen LogP contribution in [0.1, 0.15) is 40.5 Å². The van der Waals surface area contributed by atoms with Crippen molar-refractivity contribution >= 4 is 11.6 Å². The van der Waals surface area contributed by atoms with Crippen LogP contribution in [0.3, 0.4) is 0 Å². The molecule has 0 saturated heterocycles. The van der Waals surface area contributed by atoms with Gasteiger partial charge in [0.1, 0.15) is 11.6 Å². The second-order valence-corrected chi connectivity index (χ2v) is 4.64. The Kier molecular flexibility index (Phi) is 3.46. The second kappa shape index (κ2) is 4.24. The lowest BCUT2D eigenvalue weighted by atomic mass is 9.66. The van der Waals surface area contributed by atoms with E-state index in [1.165, 1.54) is 0 Å². The number of carbonyl (C=O) groups is 2. The van der Waals surface area contributed by atoms with E-state index in [2.05, 4.69) is 0 Å². The van der Waals surface area contributed by atoms with Crippen LogP contribution < -0.4 is 0 Å². The van der Waals surface area contributed by atoms with E-state index in [4.69, 9.17) is 0 Å². The molecular weight excluding hydrogens is 176 g/mol. The molecule has 1 aliphatic carbocycles. The minimum absolute atomic E-state index is 0.0618. The summed E-state index contributed by atoms with van der Waals surface area (Å²) in [5.41, 5.74) is 0. The first kappa shape index (κ1) is 11.4. The number of hydrogen-bond donors (Lipinski definition) is 0. The van der Waals surface area contributed by atoms with Crippen LogP contribution in [0.25, 0.3) is 0 Å². The molecule has 0 amide bonds. The summed E-state index contributed by atoms with van der Waals surface area (Å²) in [6.07, 6.45) is 1.18. The lowest BCUT2D eigenvalue weighted by Gasteiger charge is -2.36. The number of Topliss-reactive ketones (excluding diaryl/α,β-unsaturated/α-hetero) is 2. The summed E-state index contributed by atoms with van der Waals surface area (Å²) in [6, 6.07) is 0. The van der Waals surface area contributed by atoms with Gasteiger partial charge in [0.2, 0.25) is 0 Å². The number of hydrogen-bond acceptors (Lipinski definition) is 2. The molecule has 0 N–H and O–H groups in total. The molecule has 1 rings (SSSR count). The fourth-order valence-corrected chi connectivity index (χ4v) is 2.60. The molecule has 14 heavy (non-hydrogen) atoms. The molecule has 4 unspecified atom stereocenters. The minimum atomic E-state index is 0.0618. The van der Waals surface area contributed by atoms with Gasteiger partial charge in [-0.1, -0.05) is 27.7 Å². The van der Waals surface area contributed by atoms with Crippen molar-refractivity contribution in [3.05, 3.63) is 0 Å². The van der Waals surface area contributed by atoms with Crippen LogP contribution in [0, 0.1) is 23.7 Å². The Morgan fingerprint density at radius 1 is 1.36 bits per heavy atom. The van der Waals surface area contributed by atoms with Gasteiger partial charge in [-0.15, -0.1) is 0 Å². The van der Waals surface area contributed by atoms with Crippen molar-refractivity contribution in [1.29, 1.82) is 0 Å². The summed E-state index contributed by atoms with van der Waals surface area (Å²) < 4.78 is 0. The summed E-state index contributed by atoms with van der Waals surface area (Å²) >= 11 is 0. The summed E-state index contributed by atoms with van der Waals surface area (Å²) in [4.78, 5) is 23.3. The van der Waals surface area contributed by atoms with E-state index in [0.717, 1.165) is 0 Å². The van der Waals surface area contributed by atoms with E-state index >= 15 is 0 Å². The fourth-order valence-electron chi connectivity index (χ4n) is 2.60. The Labute approximate surface area is 86.1 Å². The van der Waals surface area contributed by atoms with Crippen LogP contribution in [0.5, 0.6) is 0 Å². The van der Waals surface area contributed by atoms with Gasteiger partial charge in [0.05, 0.1) is 0 Å². The van der Waals surface area contributed by atoms with E-state index in [-0.39, 0.29) is 23.7 Å². The Balaban J connectivity index is 2.84. The first-order chi connectivity index (χ1) is 6.49. The van der Waals surface area contributed by atoms with Crippen LogP contribution in [-0.4, -0.2) is 11.6 Å². The molecule has 80 valence electrons. The quantitative estimate of drug-likeness (QED) is 0.680. The predicted molar refractivity (Wildman–Crippen MR) is 55.9 cm³/mol. The monoisotopic (exact) mass is 196 g/mol. The minimum Gasteiger partial charge on any atom is -0.299 e. The van der Waals surface area contributed by atoms with E-state index in [0.29, 0.717) is 24.4 Å². The molecule has 1 saturated carbocycles. The third-order valence-corrected chi connectivity index (χ3v) is 3.72. The Bertz CT molecular complexity index is 245. The molecule has 0 spiro atoms. The predicted octanol–water partition coefficient (Wildman–Crippen LogP) is 2.46. The highest BCUT2D eigenvalue weighted by Crippen LogP contribution is 2.37. The average molecular weight is 196 g/mol. The highest BCUT2D eigenvalue weighted by atomic mass is 16.1. The van der Waals surface area contributed by atoms with Gasteiger partial charge in [-0.05, 0) is 11.8 Å². The van der Waals surface area contributed by atoms with Crippen molar-refractivity contribution in [2.45, 2.75) is 40.5 Å². The topological polar surface area (TPSA) is 34.1 Å². The van der Waals surface area contributed by atoms with Crippen molar-refractivity contribution in [2.24, 2.45) is 23.7 Å². The van der Waals surface area contributed by atoms with Crippen molar-refractivity contribution in [2.75, 3.05) is 0 Å². The summed E-state index contributed by atoms with van der Waals surface area (Å²) in [6.45, 7) is 7.92. The van der Waals surface area contributed by atoms with Crippen molar-refractivity contribution in [3.8, 4) is 0 Å². The Morgan fingerprint density at radius 3 is 2.43 bits per heavy atom. The molecule has 0 aromatic carbocycles. The zero-order valence-corrected chi connectivity index (χ0v) is 9.54. The van der Waals surface area contributed by atoms with Gasteiger partial charge in [0.15, 0.2) is 0 Å². The highest BCUT2D eigenvalue weighted by Gasteiger charge is 2.40. The van der Waals surface area contributed by atoms with Gasteiger partial charge in [-0.25, -0.2) is 0 Å². The van der Waals surface area contributed by atoms with E-state index < -0.39 is 0 Å². The van der Waals surface area contributed by atoms with E-state index in [1.807, 2.05) is 27.7 Å². The zero-order chi connectivity index (χ0) is 10.9. The molecule has 1 fully saturated rings. The Morgan fingerprint density at radius 2 is 1.93 bits per heavy atom. The number of ketones is 2. The lowest BCUT2D eigenvalue weighted by molar-refractivity contribution is -0.136. The first-order valence-corrected chi connectivity index (χ1v) is 5.54. The van der Waals surface area contributed by atoms with Crippen molar-refractivity contribution in [1.82, 2.24) is 0 Å². The molecule has 0 aliphatic heterocycles. The van der Waals surface area contributed by atoms with Crippen LogP contribution in [0.2, 0.25) is 0 Å². The third-order valence-electron chi connectivity index (χ3n) is 3.72. The molecule has 2 heteroatoms. The molecular formula is C12H20O2. The molecule has 0 aromatic heterocycles. The van der Waals surface area contributed by atoms with Gasteiger partial charge < -0.3 is 0 Å². The molecule has 0 radical (unpaired) electrons. The second-order valence-electron chi connectivity index (χ2n) is 4.64. The normalized spacial score (nSPS) is 38.4. The van der Waals surface area contributed by atoms with Crippen LogP contribution in [0.4, 0.5) is 0 Å². The van der Waals surface area contributed by atoms with Crippen LogP contribution in [-0.2, 0) is 9.59 Å². The van der Waals surface area contributed by atoms with Gasteiger partial charge in [0.25, 0.3) is 0 Å². The molecule has 0 bridgehead atoms. The first-order valence-electron chi connectivity index (χ1n) is 5.54. The maximum absolute atomic E-state index is 11.7. The zero-order valence-electron chi connectivity index (χ0n) is 9.54.